The molecule has 1 aromatic heterocycles. The van der Waals surface area contributed by atoms with Gasteiger partial charge in [0.1, 0.15) is 0 Å². The molecule has 0 atom stereocenters. The number of fused-ring (bicyclic) bond motifs is 1. The number of carbonyl (C=O) groups excluding carboxylic acids is 1. The first-order chi connectivity index (χ1) is 9.81. The minimum absolute atomic E-state index is 0.814. The van der Waals surface area contributed by atoms with Crippen LogP contribution in [0.2, 0.25) is 0 Å². The molecule has 0 aliphatic rings. The lowest BCUT2D eigenvalue weighted by molar-refractivity contribution is 0.112. The van der Waals surface area contributed by atoms with Gasteiger partial charge in [-0.05, 0) is 25.0 Å². The van der Waals surface area contributed by atoms with Gasteiger partial charge in [0.2, 0.25) is 0 Å². The van der Waals surface area contributed by atoms with Gasteiger partial charge in [0.05, 0.1) is 0 Å². The van der Waals surface area contributed by atoms with E-state index in [9.17, 15) is 4.79 Å². The number of aryl methyl sites for hydroxylation is 2. The molecular formula is C18H17NO. The summed E-state index contributed by atoms with van der Waals surface area (Å²) in [6, 6.07) is 18.5. The highest BCUT2D eigenvalue weighted by molar-refractivity contribution is 5.99. The van der Waals surface area contributed by atoms with E-state index in [2.05, 4.69) is 34.9 Å². The molecule has 0 N–H and O–H groups in total. The van der Waals surface area contributed by atoms with Crippen LogP contribution >= 0.6 is 0 Å². The van der Waals surface area contributed by atoms with Crippen LogP contribution in [-0.4, -0.2) is 10.9 Å². The molecule has 2 nitrogen and oxygen atoms in total. The maximum Gasteiger partial charge on any atom is 0.152 e. The van der Waals surface area contributed by atoms with Crippen molar-refractivity contribution in [3.05, 3.63) is 71.4 Å². The topological polar surface area (TPSA) is 22.0 Å². The number of carbonyl (C=O) groups is 1. The largest absolute Gasteiger partial charge is 0.344 e. The van der Waals surface area contributed by atoms with Crippen LogP contribution in [0.25, 0.3) is 10.9 Å². The average molecular weight is 263 g/mol. The normalized spacial score (nSPS) is 10.8. The van der Waals surface area contributed by atoms with E-state index in [0.717, 1.165) is 41.4 Å². The lowest BCUT2D eigenvalue weighted by atomic mass is 10.1. The van der Waals surface area contributed by atoms with Crippen molar-refractivity contribution in [2.24, 2.45) is 0 Å². The van der Waals surface area contributed by atoms with Crippen LogP contribution in [0.15, 0.2) is 54.6 Å². The number of rotatable bonds is 4. The average Bonchev–Trinajstić information content (AvgIpc) is 2.77. The SMILES string of the molecule is Cc1c(C=O)c2ccccc2n1CCc1ccccc1. The molecule has 0 radical (unpaired) electrons. The van der Waals surface area contributed by atoms with Crippen LogP contribution in [0, 0.1) is 6.92 Å². The molecule has 2 aromatic carbocycles. The van der Waals surface area contributed by atoms with Gasteiger partial charge >= 0.3 is 0 Å². The maximum absolute atomic E-state index is 11.3. The molecular weight excluding hydrogens is 246 g/mol. The van der Waals surface area contributed by atoms with Gasteiger partial charge in [0.25, 0.3) is 0 Å². The molecule has 0 saturated carbocycles. The third kappa shape index (κ3) is 2.14. The number of para-hydroxylation sites is 1. The molecule has 1 heterocycles. The van der Waals surface area contributed by atoms with Gasteiger partial charge in [-0.15, -0.1) is 0 Å². The highest BCUT2D eigenvalue weighted by Crippen LogP contribution is 2.24. The van der Waals surface area contributed by atoms with E-state index in [1.54, 1.807) is 0 Å². The van der Waals surface area contributed by atoms with Crippen molar-refractivity contribution >= 4 is 17.2 Å². The second kappa shape index (κ2) is 5.33. The predicted octanol–water partition coefficient (Wildman–Crippen LogP) is 4.00. The second-order valence-electron chi connectivity index (χ2n) is 5.02. The number of benzene rings is 2. The molecule has 2 heteroatoms. The fourth-order valence-electron chi connectivity index (χ4n) is 2.78. The van der Waals surface area contributed by atoms with Crippen LogP contribution in [-0.2, 0) is 13.0 Å². The molecule has 0 spiro atoms. The smallest absolute Gasteiger partial charge is 0.152 e. The molecule has 0 fully saturated rings. The van der Waals surface area contributed by atoms with Crippen LogP contribution in [0.3, 0.4) is 0 Å². The van der Waals surface area contributed by atoms with Crippen LogP contribution in [0.4, 0.5) is 0 Å². The van der Waals surface area contributed by atoms with E-state index < -0.39 is 0 Å². The van der Waals surface area contributed by atoms with Gasteiger partial charge in [-0.3, -0.25) is 4.79 Å². The van der Waals surface area contributed by atoms with Crippen molar-refractivity contribution < 1.29 is 4.79 Å². The van der Waals surface area contributed by atoms with E-state index in [1.807, 2.05) is 31.2 Å². The summed E-state index contributed by atoms with van der Waals surface area (Å²) < 4.78 is 2.24. The van der Waals surface area contributed by atoms with E-state index >= 15 is 0 Å². The highest BCUT2D eigenvalue weighted by atomic mass is 16.1. The first-order valence-electron chi connectivity index (χ1n) is 6.88. The number of nitrogens with zero attached hydrogens (tertiary/aromatic N) is 1. The van der Waals surface area contributed by atoms with E-state index in [4.69, 9.17) is 0 Å². The second-order valence-corrected chi connectivity index (χ2v) is 5.02. The molecule has 3 rings (SSSR count). The van der Waals surface area contributed by atoms with Crippen molar-refractivity contribution in [2.75, 3.05) is 0 Å². The minimum atomic E-state index is 0.814. The first kappa shape index (κ1) is 12.7. The van der Waals surface area contributed by atoms with Crippen molar-refractivity contribution in [3.8, 4) is 0 Å². The van der Waals surface area contributed by atoms with Gasteiger partial charge < -0.3 is 4.57 Å². The summed E-state index contributed by atoms with van der Waals surface area (Å²) in [5, 5.41) is 1.05. The number of hydrogen-bond donors (Lipinski definition) is 0. The molecule has 0 amide bonds. The summed E-state index contributed by atoms with van der Waals surface area (Å²) in [5.41, 5.74) is 4.33. The van der Waals surface area contributed by atoms with Gasteiger partial charge in [-0.1, -0.05) is 48.5 Å². The lowest BCUT2D eigenvalue weighted by Gasteiger charge is -2.08. The Morgan fingerprint density at radius 2 is 1.70 bits per heavy atom. The summed E-state index contributed by atoms with van der Waals surface area (Å²) >= 11 is 0. The van der Waals surface area contributed by atoms with Crippen LogP contribution in [0.1, 0.15) is 21.6 Å². The van der Waals surface area contributed by atoms with Gasteiger partial charge in [0, 0.05) is 28.7 Å². The van der Waals surface area contributed by atoms with Crippen LogP contribution < -0.4 is 0 Å². The Bertz CT molecular complexity index is 741. The Labute approximate surface area is 118 Å². The lowest BCUT2D eigenvalue weighted by Crippen LogP contribution is -2.03. The van der Waals surface area contributed by atoms with E-state index in [1.165, 1.54) is 5.56 Å². The summed E-state index contributed by atoms with van der Waals surface area (Å²) in [7, 11) is 0. The van der Waals surface area contributed by atoms with Crippen molar-refractivity contribution in [3.63, 3.8) is 0 Å². The molecule has 0 saturated heterocycles. The molecule has 3 aromatic rings. The number of aromatic nitrogens is 1. The molecule has 20 heavy (non-hydrogen) atoms. The van der Waals surface area contributed by atoms with E-state index in [-0.39, 0.29) is 0 Å². The molecule has 0 unspecified atom stereocenters. The zero-order chi connectivity index (χ0) is 13.9. The molecule has 0 aliphatic carbocycles. The molecule has 100 valence electrons. The summed E-state index contributed by atoms with van der Waals surface area (Å²) in [4.78, 5) is 11.3. The van der Waals surface area contributed by atoms with Gasteiger partial charge in [-0.25, -0.2) is 0 Å². The quantitative estimate of drug-likeness (QED) is 0.652. The maximum atomic E-state index is 11.3. The summed E-state index contributed by atoms with van der Waals surface area (Å²) in [6.07, 6.45) is 1.94. The summed E-state index contributed by atoms with van der Waals surface area (Å²) in [5.74, 6) is 0. The monoisotopic (exact) mass is 263 g/mol. The first-order valence-corrected chi connectivity index (χ1v) is 6.88. The Kier molecular flexibility index (Phi) is 3.38. The molecule has 0 aliphatic heterocycles. The fourth-order valence-corrected chi connectivity index (χ4v) is 2.78. The highest BCUT2D eigenvalue weighted by Gasteiger charge is 2.12. The van der Waals surface area contributed by atoms with E-state index in [0.29, 0.717) is 0 Å². The molecule has 0 bridgehead atoms. The van der Waals surface area contributed by atoms with Crippen molar-refractivity contribution in [1.82, 2.24) is 4.57 Å². The Hall–Kier alpha value is -2.35. The Morgan fingerprint density at radius 3 is 2.45 bits per heavy atom. The fraction of sp³-hybridized carbons (Fsp3) is 0.167. The van der Waals surface area contributed by atoms with Crippen molar-refractivity contribution in [2.45, 2.75) is 19.9 Å². The zero-order valence-corrected chi connectivity index (χ0v) is 11.5. The third-order valence-electron chi connectivity index (χ3n) is 3.86. The zero-order valence-electron chi connectivity index (χ0n) is 11.5. The van der Waals surface area contributed by atoms with Gasteiger partial charge in [-0.2, -0.15) is 0 Å². The minimum Gasteiger partial charge on any atom is -0.344 e. The third-order valence-corrected chi connectivity index (χ3v) is 3.86. The number of aldehydes is 1. The van der Waals surface area contributed by atoms with Crippen molar-refractivity contribution in [1.29, 1.82) is 0 Å². The predicted molar refractivity (Wildman–Crippen MR) is 82.2 cm³/mol. The van der Waals surface area contributed by atoms with Gasteiger partial charge in [0.15, 0.2) is 6.29 Å². The summed E-state index contributed by atoms with van der Waals surface area (Å²) in [6.45, 7) is 2.92. The standard InChI is InChI=1S/C18H17NO/c1-14-17(13-20)16-9-5-6-10-18(16)19(14)12-11-15-7-3-2-4-8-15/h2-10,13H,11-12H2,1H3. The Morgan fingerprint density at radius 1 is 1.00 bits per heavy atom. The Balaban J connectivity index is 1.99. The number of hydrogen-bond acceptors (Lipinski definition) is 1. The van der Waals surface area contributed by atoms with Crippen LogP contribution in [0.5, 0.6) is 0 Å².